The Morgan fingerprint density at radius 3 is 1.35 bits per heavy atom. The van der Waals surface area contributed by atoms with Gasteiger partial charge in [0.2, 0.25) is 0 Å². The average Bonchev–Trinajstić information content (AvgIpc) is 2.88. The molecule has 0 unspecified atom stereocenters. The van der Waals surface area contributed by atoms with Crippen LogP contribution in [0.15, 0.2) is 36.4 Å². The van der Waals surface area contributed by atoms with Crippen LogP contribution in [0.5, 0.6) is 23.0 Å². The third-order valence-corrected chi connectivity index (χ3v) is 4.57. The van der Waals surface area contributed by atoms with E-state index in [4.69, 9.17) is 38.5 Å². The second-order valence-electron chi connectivity index (χ2n) is 6.67. The first-order valence-electron chi connectivity index (χ1n) is 10.3. The third-order valence-electron chi connectivity index (χ3n) is 4.57. The molecule has 0 aromatic heterocycles. The zero-order valence-electron chi connectivity index (χ0n) is 19.6. The maximum absolute atomic E-state index is 12.6. The molecule has 2 rings (SSSR count). The molecule has 2 aromatic carbocycles. The number of hydrogen-bond donors (Lipinski definition) is 0. The van der Waals surface area contributed by atoms with Crippen LogP contribution in [0.25, 0.3) is 0 Å². The molecule has 184 valence electrons. The van der Waals surface area contributed by atoms with Crippen LogP contribution in [0, 0.1) is 13.2 Å². The van der Waals surface area contributed by atoms with Crippen molar-refractivity contribution < 1.29 is 48.1 Å². The van der Waals surface area contributed by atoms with Crippen LogP contribution in [0.1, 0.15) is 46.4 Å². The van der Waals surface area contributed by atoms with E-state index in [9.17, 15) is 9.59 Å². The lowest BCUT2D eigenvalue weighted by Gasteiger charge is -2.16. The molecule has 0 atom stereocenters. The number of rotatable bonds is 14. The van der Waals surface area contributed by atoms with Gasteiger partial charge >= 0.3 is 18.2 Å². The zero-order chi connectivity index (χ0) is 24.9. The number of ether oxygens (including phenoxy) is 4. The molecule has 2 radical (unpaired) electrons. The Kier molecular flexibility index (Phi) is 10.9. The van der Waals surface area contributed by atoms with Gasteiger partial charge in [0.05, 0.1) is 28.4 Å². The summed E-state index contributed by atoms with van der Waals surface area (Å²) in [4.78, 5) is 45.3. The van der Waals surface area contributed by atoms with Crippen molar-refractivity contribution in [3.8, 4) is 23.0 Å². The number of unbranched alkanes of at least 4 members (excludes halogenated alkanes) is 2. The molecule has 10 nitrogen and oxygen atoms in total. The highest BCUT2D eigenvalue weighted by Gasteiger charge is 2.27. The Bertz CT molecular complexity index is 827. The van der Waals surface area contributed by atoms with Crippen LogP contribution < -0.4 is 18.9 Å². The molecule has 10 heteroatoms. The minimum atomic E-state index is -0.898. The van der Waals surface area contributed by atoms with Crippen LogP contribution in [0.2, 0.25) is 0 Å². The quantitative estimate of drug-likeness (QED) is 0.220. The monoisotopic (exact) mass is 476 g/mol. The lowest BCUT2D eigenvalue weighted by atomic mass is 10.2. The normalized spacial score (nSPS) is 10.5. The van der Waals surface area contributed by atoms with E-state index in [0.29, 0.717) is 12.8 Å². The maximum Gasteiger partial charge on any atom is 0.380 e. The molecule has 0 fully saturated rings. The zero-order valence-corrected chi connectivity index (χ0v) is 19.6. The van der Waals surface area contributed by atoms with E-state index in [-0.39, 0.29) is 46.8 Å². The lowest BCUT2D eigenvalue weighted by molar-refractivity contribution is -0.364. The van der Waals surface area contributed by atoms with Gasteiger partial charge in [-0.05, 0) is 30.7 Å². The smallest absolute Gasteiger partial charge is 0.380 e. The summed E-state index contributed by atoms with van der Waals surface area (Å²) < 4.78 is 20.8. The Hall–Kier alpha value is -3.50. The highest BCUT2D eigenvalue weighted by Crippen LogP contribution is 2.31. The maximum atomic E-state index is 12.6. The van der Waals surface area contributed by atoms with Gasteiger partial charge in [-0.1, -0.05) is 31.9 Å². The van der Waals surface area contributed by atoms with Gasteiger partial charge in [0.1, 0.15) is 34.1 Å². The molecule has 0 heterocycles. The predicted molar refractivity (Wildman–Crippen MR) is 119 cm³/mol. The van der Waals surface area contributed by atoms with E-state index in [2.05, 4.69) is 6.92 Å². The van der Waals surface area contributed by atoms with Gasteiger partial charge in [-0.25, -0.2) is 9.59 Å². The molecule has 0 spiro atoms. The Morgan fingerprint density at radius 1 is 0.647 bits per heavy atom. The summed E-state index contributed by atoms with van der Waals surface area (Å²) in [7, 11) is 5.60. The number of carbonyl (C=O) groups is 2. The van der Waals surface area contributed by atoms with Crippen molar-refractivity contribution >= 4 is 11.9 Å². The second kappa shape index (κ2) is 13.9. The van der Waals surface area contributed by atoms with E-state index in [1.807, 2.05) is 0 Å². The fourth-order valence-electron chi connectivity index (χ4n) is 2.90. The minimum Gasteiger partial charge on any atom is -0.496 e. The van der Waals surface area contributed by atoms with Gasteiger partial charge in [0.15, 0.2) is 0 Å². The van der Waals surface area contributed by atoms with Gasteiger partial charge in [-0.15, -0.1) is 9.78 Å². The number of hydrogen-bond acceptors (Lipinski definition) is 10. The lowest BCUT2D eigenvalue weighted by Crippen LogP contribution is -2.17. The van der Waals surface area contributed by atoms with E-state index in [1.54, 1.807) is 36.4 Å². The van der Waals surface area contributed by atoms with Gasteiger partial charge < -0.3 is 18.9 Å². The van der Waals surface area contributed by atoms with Crippen LogP contribution in [0.3, 0.4) is 0 Å². The van der Waals surface area contributed by atoms with E-state index >= 15 is 0 Å². The van der Waals surface area contributed by atoms with Gasteiger partial charge in [0, 0.05) is 6.42 Å². The molecule has 34 heavy (non-hydrogen) atoms. The van der Waals surface area contributed by atoms with Crippen molar-refractivity contribution in [2.45, 2.75) is 25.7 Å². The number of benzene rings is 2. The van der Waals surface area contributed by atoms with Crippen LogP contribution in [-0.4, -0.2) is 40.4 Å². The number of carbonyl (C=O) groups excluding carboxylic acids is 2. The summed E-state index contributed by atoms with van der Waals surface area (Å²) in [5, 5.41) is 0. The van der Waals surface area contributed by atoms with Crippen molar-refractivity contribution in [2.24, 2.45) is 0 Å². The largest absolute Gasteiger partial charge is 0.496 e. The standard InChI is InChI=1S/C24H28O10/c1-6-7-8-15-20(31-33-23(25)21-16(27-2)11-9-12-17(21)28-3)32-34-24(26)22-18(29-4)13-10-14-19(22)30-5/h9-14H,1,6-8,15H2,2-5H3. The van der Waals surface area contributed by atoms with E-state index < -0.39 is 11.9 Å². The molecule has 0 saturated carbocycles. The van der Waals surface area contributed by atoms with Crippen LogP contribution >= 0.6 is 0 Å². The van der Waals surface area contributed by atoms with Gasteiger partial charge in [-0.2, -0.15) is 0 Å². The van der Waals surface area contributed by atoms with E-state index in [1.165, 1.54) is 28.4 Å². The Balaban J connectivity index is 2.11. The van der Waals surface area contributed by atoms with E-state index in [0.717, 1.165) is 6.42 Å². The predicted octanol–water partition coefficient (Wildman–Crippen LogP) is 4.48. The summed E-state index contributed by atoms with van der Waals surface area (Å²) in [6, 6.07) is 9.57. The van der Waals surface area contributed by atoms with Crippen LogP contribution in [-0.2, 0) is 19.6 Å². The molecule has 0 aliphatic heterocycles. The van der Waals surface area contributed by atoms with Gasteiger partial charge in [0.25, 0.3) is 0 Å². The first-order chi connectivity index (χ1) is 16.5. The molecule has 0 N–H and O–H groups in total. The van der Waals surface area contributed by atoms with Crippen LogP contribution in [0.4, 0.5) is 0 Å². The molecule has 0 saturated heterocycles. The summed E-state index contributed by atoms with van der Waals surface area (Å²) in [5.41, 5.74) is 0.0284. The molecular weight excluding hydrogens is 448 g/mol. The molecule has 0 bridgehead atoms. The molecule has 0 aliphatic carbocycles. The summed E-state index contributed by atoms with van der Waals surface area (Å²) >= 11 is 0. The first kappa shape index (κ1) is 26.7. The average molecular weight is 476 g/mol. The van der Waals surface area contributed by atoms with Crippen molar-refractivity contribution in [3.63, 3.8) is 0 Å². The van der Waals surface area contributed by atoms with Crippen molar-refractivity contribution in [3.05, 3.63) is 60.7 Å². The topological polar surface area (TPSA) is 108 Å². The van der Waals surface area contributed by atoms with Gasteiger partial charge in [-0.3, -0.25) is 9.78 Å². The Labute approximate surface area is 198 Å². The third kappa shape index (κ3) is 7.00. The van der Waals surface area contributed by atoms with Crippen molar-refractivity contribution in [2.75, 3.05) is 28.4 Å². The molecule has 2 aromatic rings. The van der Waals surface area contributed by atoms with Crippen molar-refractivity contribution in [1.82, 2.24) is 0 Å². The summed E-state index contributed by atoms with van der Waals surface area (Å²) in [5.74, 6) is -0.899. The van der Waals surface area contributed by atoms with Crippen molar-refractivity contribution in [1.29, 1.82) is 0 Å². The summed E-state index contributed by atoms with van der Waals surface area (Å²) in [6.07, 6.45) is 1.90. The Morgan fingerprint density at radius 2 is 1.03 bits per heavy atom. The highest BCUT2D eigenvalue weighted by atomic mass is 17.3. The second-order valence-corrected chi connectivity index (χ2v) is 6.67. The summed E-state index contributed by atoms with van der Waals surface area (Å²) in [6.45, 7) is 3.77. The fraction of sp³-hybridized carbons (Fsp3) is 0.333. The SMILES string of the molecule is [CH2]CCCC[C](OOC(=O)c1c(OC)cccc1OC)OOC(=O)c1c(OC)cccc1OC. The highest BCUT2D eigenvalue weighted by molar-refractivity contribution is 5.96. The molecular formula is C24H28O10. The minimum absolute atomic E-state index is 0.0142. The molecule has 0 aliphatic rings. The fourth-order valence-corrected chi connectivity index (χ4v) is 2.90. The number of methoxy groups -OCH3 is 4. The first-order valence-corrected chi connectivity index (χ1v) is 10.3. The molecule has 0 amide bonds.